The van der Waals surface area contributed by atoms with Gasteiger partial charge in [0, 0.05) is 19.4 Å². The van der Waals surface area contributed by atoms with Gasteiger partial charge in [-0.3, -0.25) is 18.6 Å². The van der Waals surface area contributed by atoms with Crippen LogP contribution >= 0.6 is 7.82 Å². The molecule has 0 amide bonds. The second kappa shape index (κ2) is 35.4. The van der Waals surface area contributed by atoms with Gasteiger partial charge in [-0.25, -0.2) is 4.57 Å². The van der Waals surface area contributed by atoms with Gasteiger partial charge in [0.25, 0.3) is 0 Å². The molecule has 4 atom stereocenters. The van der Waals surface area contributed by atoms with Crippen LogP contribution in [0.15, 0.2) is 48.6 Å². The Labute approximate surface area is 328 Å². The standard InChI is InChI=1S/C43H76NO9P/c1-3-5-7-8-9-10-11-12-13-14-15-20-23-26-30-34-43(46)52-39(38-51-54(47,48)50-36-35-44)37-49-42(45)33-29-25-22-19-17-16-18-21-24-28-32-41-40(53-41)31-27-6-4-2/h10-11,16,18-19,22,24,28,39-41H,3-9,12-15,17,20-21,23,25-27,29-38,44H2,1-2H3,(H,47,48)/b11-10-,18-16-,22-19-,28-24-/t39-,40?,41?/m1/s1. The van der Waals surface area contributed by atoms with E-state index in [1.54, 1.807) is 0 Å². The largest absolute Gasteiger partial charge is 0.472 e. The van der Waals surface area contributed by atoms with Crippen molar-refractivity contribution in [3.63, 3.8) is 0 Å². The first-order chi connectivity index (χ1) is 26.3. The molecule has 0 aromatic rings. The molecule has 0 saturated carbocycles. The maximum atomic E-state index is 12.6. The molecule has 312 valence electrons. The van der Waals surface area contributed by atoms with Gasteiger partial charge in [0.15, 0.2) is 6.10 Å². The van der Waals surface area contributed by atoms with Gasteiger partial charge in [-0.05, 0) is 70.6 Å². The van der Waals surface area contributed by atoms with Crippen LogP contribution in [0.25, 0.3) is 0 Å². The highest BCUT2D eigenvalue weighted by molar-refractivity contribution is 7.47. The summed E-state index contributed by atoms with van der Waals surface area (Å²) >= 11 is 0. The number of ether oxygens (including phenoxy) is 3. The van der Waals surface area contributed by atoms with E-state index in [0.29, 0.717) is 25.0 Å². The van der Waals surface area contributed by atoms with Gasteiger partial charge in [-0.2, -0.15) is 0 Å². The summed E-state index contributed by atoms with van der Waals surface area (Å²) in [6, 6.07) is 0. The molecule has 1 fully saturated rings. The zero-order valence-electron chi connectivity index (χ0n) is 33.9. The van der Waals surface area contributed by atoms with Crippen LogP contribution in [0.1, 0.15) is 168 Å². The average molecular weight is 782 g/mol. The molecule has 1 rings (SSSR count). The third-order valence-corrected chi connectivity index (χ3v) is 10.1. The minimum absolute atomic E-state index is 0.0422. The summed E-state index contributed by atoms with van der Waals surface area (Å²) in [5.74, 6) is -0.906. The fourth-order valence-electron chi connectivity index (χ4n) is 5.83. The number of carbonyl (C=O) groups excluding carboxylic acids is 2. The summed E-state index contributed by atoms with van der Waals surface area (Å²) in [5, 5.41) is 0. The van der Waals surface area contributed by atoms with E-state index < -0.39 is 32.5 Å². The van der Waals surface area contributed by atoms with E-state index in [1.165, 1.54) is 77.0 Å². The molecule has 1 aliphatic rings. The monoisotopic (exact) mass is 782 g/mol. The third kappa shape index (κ3) is 32.2. The normalized spacial score (nSPS) is 17.6. The molecular formula is C43H76NO9P. The van der Waals surface area contributed by atoms with Gasteiger partial charge in [0.2, 0.25) is 0 Å². The highest BCUT2D eigenvalue weighted by Crippen LogP contribution is 2.43. The Morgan fingerprint density at radius 2 is 1.22 bits per heavy atom. The third-order valence-electron chi connectivity index (χ3n) is 9.11. The minimum Gasteiger partial charge on any atom is -0.462 e. The number of esters is 2. The lowest BCUT2D eigenvalue weighted by molar-refractivity contribution is -0.161. The number of hydrogen-bond acceptors (Lipinski definition) is 9. The van der Waals surface area contributed by atoms with Gasteiger partial charge in [0.05, 0.1) is 25.4 Å². The Morgan fingerprint density at radius 1 is 0.667 bits per heavy atom. The molecule has 0 aliphatic carbocycles. The quantitative estimate of drug-likeness (QED) is 0.0204. The Kier molecular flexibility index (Phi) is 32.7. The van der Waals surface area contributed by atoms with E-state index in [0.717, 1.165) is 51.4 Å². The number of rotatable bonds is 38. The van der Waals surface area contributed by atoms with E-state index in [-0.39, 0.29) is 32.6 Å². The smallest absolute Gasteiger partial charge is 0.462 e. The van der Waals surface area contributed by atoms with E-state index in [1.807, 2.05) is 6.08 Å². The van der Waals surface area contributed by atoms with E-state index in [4.69, 9.17) is 29.0 Å². The Bertz CT molecular complexity index is 1090. The van der Waals surface area contributed by atoms with Crippen LogP contribution in [0.4, 0.5) is 0 Å². The van der Waals surface area contributed by atoms with Crippen molar-refractivity contribution in [1.82, 2.24) is 0 Å². The summed E-state index contributed by atoms with van der Waals surface area (Å²) in [6.07, 6.45) is 41.8. The fourth-order valence-corrected chi connectivity index (χ4v) is 6.60. The lowest BCUT2D eigenvalue weighted by Gasteiger charge is -2.19. The first-order valence-electron chi connectivity index (χ1n) is 21.2. The number of epoxide rings is 1. The first kappa shape index (κ1) is 49.9. The van der Waals surface area contributed by atoms with Gasteiger partial charge in [-0.15, -0.1) is 0 Å². The van der Waals surface area contributed by atoms with Crippen molar-refractivity contribution in [1.29, 1.82) is 0 Å². The minimum atomic E-state index is -4.39. The molecule has 1 saturated heterocycles. The maximum absolute atomic E-state index is 12.6. The summed E-state index contributed by atoms with van der Waals surface area (Å²) in [6.45, 7) is 3.60. The summed E-state index contributed by atoms with van der Waals surface area (Å²) in [7, 11) is -4.39. The number of phosphoric acid groups is 1. The van der Waals surface area contributed by atoms with Crippen LogP contribution in [0, 0.1) is 0 Å². The second-order valence-electron chi connectivity index (χ2n) is 14.2. The molecule has 0 aromatic carbocycles. The summed E-state index contributed by atoms with van der Waals surface area (Å²) in [5.41, 5.74) is 5.34. The topological polar surface area (TPSA) is 147 Å². The fraction of sp³-hybridized carbons (Fsp3) is 0.767. The highest BCUT2D eigenvalue weighted by atomic mass is 31.2. The molecule has 3 N–H and O–H groups in total. The number of unbranched alkanes of at least 4 members (excludes halogenated alkanes) is 14. The Morgan fingerprint density at radius 3 is 1.91 bits per heavy atom. The lowest BCUT2D eigenvalue weighted by atomic mass is 10.1. The molecule has 10 nitrogen and oxygen atoms in total. The van der Waals surface area contributed by atoms with E-state index in [2.05, 4.69) is 56.4 Å². The molecule has 54 heavy (non-hydrogen) atoms. The Hall–Kier alpha value is -2.07. The predicted molar refractivity (Wildman–Crippen MR) is 219 cm³/mol. The average Bonchev–Trinajstić information content (AvgIpc) is 3.91. The van der Waals surface area contributed by atoms with Crippen molar-refractivity contribution in [3.05, 3.63) is 48.6 Å². The van der Waals surface area contributed by atoms with Gasteiger partial charge in [-0.1, -0.05) is 133 Å². The SMILES string of the molecule is CCCCCC/C=C\CCCCCCCCCC(=O)O[C@H](COC(=O)CCC/C=C\C/C=C\C/C=C\CC1OC1CCCCC)COP(=O)(O)OCCN. The number of phosphoric ester groups is 1. The zero-order chi connectivity index (χ0) is 39.4. The molecule has 3 unspecified atom stereocenters. The molecule has 0 radical (unpaired) electrons. The highest BCUT2D eigenvalue weighted by Gasteiger charge is 2.36. The maximum Gasteiger partial charge on any atom is 0.472 e. The van der Waals surface area contributed by atoms with E-state index in [9.17, 15) is 19.0 Å². The van der Waals surface area contributed by atoms with Gasteiger partial charge in [0.1, 0.15) is 6.61 Å². The van der Waals surface area contributed by atoms with Crippen LogP contribution < -0.4 is 5.73 Å². The van der Waals surface area contributed by atoms with Crippen molar-refractivity contribution in [2.45, 2.75) is 186 Å². The summed E-state index contributed by atoms with van der Waals surface area (Å²) < 4.78 is 38.4. The molecule has 0 spiro atoms. The van der Waals surface area contributed by atoms with Crippen molar-refractivity contribution in [2.75, 3.05) is 26.4 Å². The van der Waals surface area contributed by atoms with Gasteiger partial charge >= 0.3 is 19.8 Å². The van der Waals surface area contributed by atoms with Crippen molar-refractivity contribution in [2.24, 2.45) is 5.73 Å². The molecule has 11 heteroatoms. The van der Waals surface area contributed by atoms with Crippen molar-refractivity contribution >= 4 is 19.8 Å². The van der Waals surface area contributed by atoms with Crippen LogP contribution in [0.3, 0.4) is 0 Å². The van der Waals surface area contributed by atoms with Crippen LogP contribution in [-0.4, -0.2) is 61.5 Å². The number of allylic oxidation sites excluding steroid dienone is 7. The van der Waals surface area contributed by atoms with Crippen LogP contribution in [0.5, 0.6) is 0 Å². The Balaban J connectivity index is 2.22. The molecular weight excluding hydrogens is 705 g/mol. The first-order valence-corrected chi connectivity index (χ1v) is 22.7. The number of nitrogens with two attached hydrogens (primary N) is 1. The van der Waals surface area contributed by atoms with Gasteiger partial charge < -0.3 is 24.8 Å². The molecule has 1 heterocycles. The lowest BCUT2D eigenvalue weighted by Crippen LogP contribution is -2.29. The van der Waals surface area contributed by atoms with Crippen LogP contribution in [0.2, 0.25) is 0 Å². The number of carbonyl (C=O) groups is 2. The molecule has 1 aliphatic heterocycles. The number of hydrogen-bond donors (Lipinski definition) is 2. The predicted octanol–water partition coefficient (Wildman–Crippen LogP) is 10.9. The summed E-state index contributed by atoms with van der Waals surface area (Å²) in [4.78, 5) is 34.8. The van der Waals surface area contributed by atoms with E-state index >= 15 is 0 Å². The zero-order valence-corrected chi connectivity index (χ0v) is 34.8. The van der Waals surface area contributed by atoms with Crippen molar-refractivity contribution < 1.29 is 42.3 Å². The second-order valence-corrected chi connectivity index (χ2v) is 15.7. The molecule has 0 bridgehead atoms. The van der Waals surface area contributed by atoms with Crippen LogP contribution in [-0.2, 0) is 37.4 Å². The molecule has 0 aromatic heterocycles. The van der Waals surface area contributed by atoms with Crippen molar-refractivity contribution in [3.8, 4) is 0 Å².